The summed E-state index contributed by atoms with van der Waals surface area (Å²) in [6.45, 7) is 2.78. The molecule has 0 aromatic heterocycles. The van der Waals surface area contributed by atoms with Gasteiger partial charge in [-0.2, -0.15) is 0 Å². The van der Waals surface area contributed by atoms with Gasteiger partial charge in [-0.05, 0) is 64.2 Å². The number of aliphatic hydroxyl groups is 8. The van der Waals surface area contributed by atoms with Crippen molar-refractivity contribution in [2.24, 2.45) is 0 Å². The van der Waals surface area contributed by atoms with Gasteiger partial charge in [0, 0.05) is 6.42 Å². The Balaban J connectivity index is 1.55. The number of hydrogen-bond acceptors (Lipinski definition) is 13. The van der Waals surface area contributed by atoms with Crippen LogP contribution in [0.25, 0.3) is 0 Å². The van der Waals surface area contributed by atoms with E-state index in [1.54, 1.807) is 0 Å². The van der Waals surface area contributed by atoms with Crippen LogP contribution in [0.2, 0.25) is 0 Å². The molecule has 91 heavy (non-hydrogen) atoms. The average molecular weight is 1290 g/mol. The number of amides is 1. The van der Waals surface area contributed by atoms with E-state index >= 15 is 0 Å². The number of allylic oxidation sites excluding steroid dienone is 12. The van der Waals surface area contributed by atoms with Crippen LogP contribution in [0, 0.1) is 0 Å². The minimum absolute atomic E-state index is 0.202. The van der Waals surface area contributed by atoms with Crippen molar-refractivity contribution in [3.8, 4) is 0 Å². The molecule has 0 saturated carbocycles. The van der Waals surface area contributed by atoms with Crippen LogP contribution in [0.5, 0.6) is 0 Å². The van der Waals surface area contributed by atoms with Gasteiger partial charge in [0.1, 0.15) is 48.8 Å². The first-order valence-electron chi connectivity index (χ1n) is 37.7. The third kappa shape index (κ3) is 44.7. The molecule has 0 aliphatic carbocycles. The van der Waals surface area contributed by atoms with Gasteiger partial charge in [-0.15, -0.1) is 0 Å². The molecule has 14 heteroatoms. The van der Waals surface area contributed by atoms with Crippen LogP contribution >= 0.6 is 0 Å². The third-order valence-electron chi connectivity index (χ3n) is 18.2. The molecule has 0 aromatic rings. The molecule has 2 saturated heterocycles. The summed E-state index contributed by atoms with van der Waals surface area (Å²) in [7, 11) is 0. The maximum Gasteiger partial charge on any atom is 0.220 e. The van der Waals surface area contributed by atoms with E-state index in [1.165, 1.54) is 199 Å². The van der Waals surface area contributed by atoms with Crippen LogP contribution in [0.15, 0.2) is 72.9 Å². The summed E-state index contributed by atoms with van der Waals surface area (Å²) < 4.78 is 22.9. The highest BCUT2D eigenvalue weighted by Crippen LogP contribution is 2.30. The van der Waals surface area contributed by atoms with E-state index in [1.807, 2.05) is 0 Å². The summed E-state index contributed by atoms with van der Waals surface area (Å²) >= 11 is 0. The van der Waals surface area contributed by atoms with Crippen molar-refractivity contribution in [1.29, 1.82) is 0 Å². The van der Waals surface area contributed by atoms with Gasteiger partial charge in [-0.3, -0.25) is 4.79 Å². The van der Waals surface area contributed by atoms with Crippen molar-refractivity contribution in [2.45, 2.75) is 389 Å². The zero-order valence-electron chi connectivity index (χ0n) is 57.8. The number of rotatable bonds is 62. The van der Waals surface area contributed by atoms with Gasteiger partial charge in [-0.1, -0.05) is 318 Å². The van der Waals surface area contributed by atoms with E-state index in [-0.39, 0.29) is 12.5 Å². The molecule has 2 fully saturated rings. The maximum atomic E-state index is 13.4. The van der Waals surface area contributed by atoms with Crippen molar-refractivity contribution in [1.82, 2.24) is 5.32 Å². The number of carbonyl (C=O) groups is 1. The van der Waals surface area contributed by atoms with E-state index in [2.05, 4.69) is 92.1 Å². The van der Waals surface area contributed by atoms with Gasteiger partial charge in [0.05, 0.1) is 32.0 Å². The Labute approximate surface area is 555 Å². The molecule has 0 aromatic carbocycles. The fourth-order valence-electron chi connectivity index (χ4n) is 12.2. The second-order valence-corrected chi connectivity index (χ2v) is 26.4. The predicted molar refractivity (Wildman–Crippen MR) is 373 cm³/mol. The second-order valence-electron chi connectivity index (χ2n) is 26.4. The molecule has 14 nitrogen and oxygen atoms in total. The number of aliphatic hydroxyl groups excluding tert-OH is 8. The molecule has 530 valence electrons. The second kappa shape index (κ2) is 61.1. The van der Waals surface area contributed by atoms with Crippen molar-refractivity contribution in [3.63, 3.8) is 0 Å². The topological polar surface area (TPSA) is 228 Å². The highest BCUT2D eigenvalue weighted by Gasteiger charge is 2.51. The molecule has 2 heterocycles. The molecule has 1 amide bonds. The van der Waals surface area contributed by atoms with Crippen molar-refractivity contribution >= 4 is 5.91 Å². The van der Waals surface area contributed by atoms with Crippen LogP contribution in [-0.2, 0) is 23.7 Å². The van der Waals surface area contributed by atoms with E-state index in [0.29, 0.717) is 12.8 Å². The number of nitrogens with one attached hydrogen (secondary N) is 1. The van der Waals surface area contributed by atoms with Crippen LogP contribution < -0.4 is 5.32 Å². The zero-order chi connectivity index (χ0) is 65.9. The quantitative estimate of drug-likeness (QED) is 0.0204. The number of carbonyl (C=O) groups excluding carboxylic acids is 1. The van der Waals surface area contributed by atoms with E-state index in [0.717, 1.165) is 89.9 Å². The van der Waals surface area contributed by atoms with Gasteiger partial charge in [0.2, 0.25) is 5.91 Å². The average Bonchev–Trinajstić information content (AvgIpc) is 1.24. The fraction of sp³-hybridized carbons (Fsp3) is 0.831. The van der Waals surface area contributed by atoms with Gasteiger partial charge in [0.15, 0.2) is 12.6 Å². The lowest BCUT2D eigenvalue weighted by Crippen LogP contribution is -2.65. The maximum absolute atomic E-state index is 13.4. The lowest BCUT2D eigenvalue weighted by molar-refractivity contribution is -0.359. The van der Waals surface area contributed by atoms with Gasteiger partial charge >= 0.3 is 0 Å². The monoisotopic (exact) mass is 1290 g/mol. The van der Waals surface area contributed by atoms with Crippen molar-refractivity contribution in [2.75, 3.05) is 19.8 Å². The summed E-state index contributed by atoms with van der Waals surface area (Å²) in [5.41, 5.74) is 0. The Bertz CT molecular complexity index is 1800. The highest BCUT2D eigenvalue weighted by molar-refractivity contribution is 5.76. The van der Waals surface area contributed by atoms with Crippen molar-refractivity contribution in [3.05, 3.63) is 72.9 Å². The van der Waals surface area contributed by atoms with E-state index < -0.39 is 86.8 Å². The molecule has 2 rings (SSSR count). The van der Waals surface area contributed by atoms with Crippen LogP contribution in [0.1, 0.15) is 316 Å². The molecule has 0 bridgehead atoms. The molecule has 0 spiro atoms. The summed E-state index contributed by atoms with van der Waals surface area (Å²) in [4.78, 5) is 13.4. The molecule has 12 unspecified atom stereocenters. The smallest absolute Gasteiger partial charge is 0.220 e. The molecule has 12 atom stereocenters. The summed E-state index contributed by atoms with van der Waals surface area (Å²) in [6.07, 6.45) is 66.6. The van der Waals surface area contributed by atoms with Gasteiger partial charge < -0.3 is 65.1 Å². The fourth-order valence-corrected chi connectivity index (χ4v) is 12.2. The highest BCUT2D eigenvalue weighted by atomic mass is 16.7. The number of unbranched alkanes of at least 4 members (excludes halogenated alkanes) is 37. The van der Waals surface area contributed by atoms with E-state index in [9.17, 15) is 45.6 Å². The first-order chi connectivity index (χ1) is 44.6. The minimum Gasteiger partial charge on any atom is -0.394 e. The lowest BCUT2D eigenvalue weighted by Gasteiger charge is -2.46. The first kappa shape index (κ1) is 84.5. The summed E-state index contributed by atoms with van der Waals surface area (Å²) in [5.74, 6) is -0.202. The first-order valence-corrected chi connectivity index (χ1v) is 37.7. The Morgan fingerprint density at radius 2 is 0.758 bits per heavy atom. The Kier molecular flexibility index (Phi) is 56.7. The van der Waals surface area contributed by atoms with E-state index in [4.69, 9.17) is 18.9 Å². The Hall–Kier alpha value is -2.57. The van der Waals surface area contributed by atoms with Crippen molar-refractivity contribution < 1.29 is 64.6 Å². The van der Waals surface area contributed by atoms with Gasteiger partial charge in [-0.25, -0.2) is 0 Å². The molecule has 0 radical (unpaired) electrons. The van der Waals surface area contributed by atoms with Crippen LogP contribution in [0.4, 0.5) is 0 Å². The Morgan fingerprint density at radius 1 is 0.407 bits per heavy atom. The minimum atomic E-state index is -1.78. The molecular formula is C77H139NO13. The molecular weight excluding hydrogens is 1150 g/mol. The van der Waals surface area contributed by atoms with Crippen LogP contribution in [0.3, 0.4) is 0 Å². The van der Waals surface area contributed by atoms with Crippen LogP contribution in [-0.4, -0.2) is 140 Å². The largest absolute Gasteiger partial charge is 0.394 e. The number of hydrogen-bond donors (Lipinski definition) is 9. The van der Waals surface area contributed by atoms with Gasteiger partial charge in [0.25, 0.3) is 0 Å². The lowest BCUT2D eigenvalue weighted by atomic mass is 9.97. The predicted octanol–water partition coefficient (Wildman–Crippen LogP) is 16.2. The zero-order valence-corrected chi connectivity index (χ0v) is 57.8. The summed E-state index contributed by atoms with van der Waals surface area (Å²) in [6, 6.07) is -0.829. The normalized spacial score (nSPS) is 23.2. The number of ether oxygens (including phenoxy) is 4. The standard InChI is InChI=1S/C77H139NO13/c1-3-5-7-9-11-13-15-17-19-21-22-23-24-25-26-27-28-29-30-31-32-33-34-35-36-37-38-39-40-41-42-43-44-45-47-49-51-53-55-57-59-61-69(82)78-65(66(81)60-58-56-54-52-50-48-46-20-18-16-14-12-10-8-6-4-2)64-88-76-74(87)72(85)75(68(63-80)90-76)91-77-73(86)71(84)70(83)67(62-79)89-77/h5,7,11,13,17,19,22-23,25-26,28-29,65-68,70-77,79-81,83-87H,3-4,6,8-10,12,14-16,18,20-21,24,27,30-64H2,1-2H3,(H,78,82)/b7-5-,13-11-,19-17-,23-22-,26-25-,29-28-. The summed E-state index contributed by atoms with van der Waals surface area (Å²) in [5, 5.41) is 87.6. The SMILES string of the molecule is CC/C=C\C/C=C\C/C=C\C/C=C\C/C=C\C/C=C\CCCCCCCCCCCCCCCCCCCCCCCCC(=O)NC(COC1OC(CO)C(OC2OC(CO)C(O)C(O)C2O)C(O)C1O)C(O)CCCCCCCCCCCCCCCCCC. The molecule has 2 aliphatic rings. The Morgan fingerprint density at radius 3 is 1.16 bits per heavy atom. The third-order valence-corrected chi connectivity index (χ3v) is 18.2. The molecule has 9 N–H and O–H groups in total. The molecule has 2 aliphatic heterocycles.